The first kappa shape index (κ1) is 13.1. The van der Waals surface area contributed by atoms with Gasteiger partial charge in [0.05, 0.1) is 25.1 Å². The number of hydrogen-bond donors (Lipinski definition) is 2. The van der Waals surface area contributed by atoms with Crippen LogP contribution in [0.2, 0.25) is 0 Å². The van der Waals surface area contributed by atoms with Crippen molar-refractivity contribution >= 4 is 17.5 Å². The van der Waals surface area contributed by atoms with Crippen LogP contribution in [0, 0.1) is 0 Å². The van der Waals surface area contributed by atoms with Crippen molar-refractivity contribution in [2.24, 2.45) is 0 Å². The Morgan fingerprint density at radius 1 is 1.53 bits per heavy atom. The Morgan fingerprint density at radius 3 is 3.16 bits per heavy atom. The van der Waals surface area contributed by atoms with Crippen LogP contribution in [0.25, 0.3) is 0 Å². The van der Waals surface area contributed by atoms with Crippen LogP contribution in [0.15, 0.2) is 30.9 Å². The molecule has 0 aromatic heterocycles. The molecular formula is C14H16N2O3. The molecule has 1 aromatic carbocycles. The highest BCUT2D eigenvalue weighted by molar-refractivity contribution is 5.93. The van der Waals surface area contributed by atoms with Gasteiger partial charge in [-0.2, -0.15) is 0 Å². The molecule has 100 valence electrons. The van der Waals surface area contributed by atoms with Gasteiger partial charge in [-0.1, -0.05) is 12.1 Å². The largest absolute Gasteiger partial charge is 0.491 e. The van der Waals surface area contributed by atoms with Crippen LogP contribution in [0.5, 0.6) is 5.75 Å². The lowest BCUT2D eigenvalue weighted by Gasteiger charge is -2.09. The number of rotatable bonds is 4. The molecule has 1 aromatic rings. The molecule has 0 atom stereocenters. The van der Waals surface area contributed by atoms with E-state index in [-0.39, 0.29) is 18.2 Å². The predicted molar refractivity (Wildman–Crippen MR) is 72.1 cm³/mol. The van der Waals surface area contributed by atoms with Crippen molar-refractivity contribution in [2.45, 2.75) is 12.8 Å². The fraction of sp³-hybridized carbons (Fsp3) is 0.286. The van der Waals surface area contributed by atoms with Crippen LogP contribution in [0.4, 0.5) is 5.69 Å². The first-order chi connectivity index (χ1) is 9.19. The Morgan fingerprint density at radius 2 is 2.37 bits per heavy atom. The van der Waals surface area contributed by atoms with Gasteiger partial charge in [0.1, 0.15) is 5.75 Å². The van der Waals surface area contributed by atoms with Crippen molar-refractivity contribution in [1.82, 2.24) is 5.32 Å². The number of amides is 2. The number of ether oxygens (including phenoxy) is 1. The van der Waals surface area contributed by atoms with Gasteiger partial charge >= 0.3 is 0 Å². The molecule has 0 radical (unpaired) electrons. The van der Waals surface area contributed by atoms with E-state index in [2.05, 4.69) is 17.2 Å². The summed E-state index contributed by atoms with van der Waals surface area (Å²) >= 11 is 0. The van der Waals surface area contributed by atoms with Crippen molar-refractivity contribution in [3.8, 4) is 5.75 Å². The molecule has 0 aliphatic carbocycles. The van der Waals surface area contributed by atoms with Gasteiger partial charge in [0, 0.05) is 6.54 Å². The third-order valence-electron chi connectivity index (χ3n) is 2.71. The van der Waals surface area contributed by atoms with Gasteiger partial charge in [0.25, 0.3) is 0 Å². The topological polar surface area (TPSA) is 67.4 Å². The second-order valence-corrected chi connectivity index (χ2v) is 4.25. The molecule has 1 aliphatic heterocycles. The summed E-state index contributed by atoms with van der Waals surface area (Å²) in [6.45, 7) is 4.36. The maximum absolute atomic E-state index is 11.6. The fourth-order valence-electron chi connectivity index (χ4n) is 1.81. The lowest BCUT2D eigenvalue weighted by molar-refractivity contribution is -0.120. The molecule has 2 amide bonds. The van der Waals surface area contributed by atoms with Gasteiger partial charge in [0.15, 0.2) is 0 Å². The molecule has 0 spiro atoms. The molecule has 5 nitrogen and oxygen atoms in total. The van der Waals surface area contributed by atoms with Crippen LogP contribution in [-0.2, 0) is 16.0 Å². The Bertz CT molecular complexity index is 511. The summed E-state index contributed by atoms with van der Waals surface area (Å²) in [6, 6.07) is 5.37. The fourth-order valence-corrected chi connectivity index (χ4v) is 1.81. The maximum Gasteiger partial charge on any atom is 0.227 e. The van der Waals surface area contributed by atoms with E-state index in [4.69, 9.17) is 4.74 Å². The van der Waals surface area contributed by atoms with Gasteiger partial charge in [-0.3, -0.25) is 9.59 Å². The summed E-state index contributed by atoms with van der Waals surface area (Å²) in [5.41, 5.74) is 1.45. The molecule has 19 heavy (non-hydrogen) atoms. The summed E-state index contributed by atoms with van der Waals surface area (Å²) in [4.78, 5) is 23.0. The first-order valence-electron chi connectivity index (χ1n) is 6.12. The minimum absolute atomic E-state index is 0.0768. The minimum atomic E-state index is -0.0827. The Hall–Kier alpha value is -2.30. The van der Waals surface area contributed by atoms with E-state index >= 15 is 0 Å². The van der Waals surface area contributed by atoms with E-state index in [0.29, 0.717) is 31.0 Å². The lowest BCUT2D eigenvalue weighted by Crippen LogP contribution is -2.24. The second kappa shape index (κ2) is 6.04. The van der Waals surface area contributed by atoms with E-state index in [1.54, 1.807) is 18.2 Å². The van der Waals surface area contributed by atoms with Crippen LogP contribution >= 0.6 is 0 Å². The van der Waals surface area contributed by atoms with Crippen LogP contribution in [0.3, 0.4) is 0 Å². The van der Waals surface area contributed by atoms with E-state index in [1.165, 1.54) is 0 Å². The van der Waals surface area contributed by atoms with E-state index in [0.717, 1.165) is 5.56 Å². The number of fused-ring (bicyclic) bond motifs is 1. The van der Waals surface area contributed by atoms with Crippen LogP contribution < -0.4 is 15.4 Å². The third-order valence-corrected chi connectivity index (χ3v) is 2.71. The van der Waals surface area contributed by atoms with Crippen molar-refractivity contribution in [3.63, 3.8) is 0 Å². The van der Waals surface area contributed by atoms with Gasteiger partial charge in [0.2, 0.25) is 11.8 Å². The molecule has 1 aliphatic rings. The molecule has 0 saturated heterocycles. The van der Waals surface area contributed by atoms with Crippen LogP contribution in [0.1, 0.15) is 12.0 Å². The van der Waals surface area contributed by atoms with Gasteiger partial charge in [-0.15, -0.1) is 6.58 Å². The molecule has 0 unspecified atom stereocenters. The summed E-state index contributed by atoms with van der Waals surface area (Å²) in [5.74, 6) is 0.480. The maximum atomic E-state index is 11.6. The normalized spacial score (nSPS) is 13.6. The van der Waals surface area contributed by atoms with Gasteiger partial charge < -0.3 is 15.4 Å². The highest BCUT2D eigenvalue weighted by Crippen LogP contribution is 2.28. The second-order valence-electron chi connectivity index (χ2n) is 4.25. The number of hydrogen-bond acceptors (Lipinski definition) is 3. The van der Waals surface area contributed by atoms with E-state index in [1.807, 2.05) is 6.07 Å². The summed E-state index contributed by atoms with van der Waals surface area (Å²) in [6.07, 6.45) is 2.23. The highest BCUT2D eigenvalue weighted by atomic mass is 16.5. The van der Waals surface area contributed by atoms with E-state index in [9.17, 15) is 9.59 Å². The van der Waals surface area contributed by atoms with Crippen LogP contribution in [-0.4, -0.2) is 25.0 Å². The van der Waals surface area contributed by atoms with E-state index < -0.39 is 0 Å². The molecule has 0 bridgehead atoms. The van der Waals surface area contributed by atoms with Gasteiger partial charge in [-0.25, -0.2) is 0 Å². The molecule has 2 rings (SSSR count). The molecule has 5 heteroatoms. The first-order valence-corrected chi connectivity index (χ1v) is 6.12. The molecule has 1 heterocycles. The average molecular weight is 260 g/mol. The van der Waals surface area contributed by atoms with Crippen molar-refractivity contribution in [3.05, 3.63) is 36.4 Å². The molecule has 0 fully saturated rings. The lowest BCUT2D eigenvalue weighted by atomic mass is 10.1. The quantitative estimate of drug-likeness (QED) is 0.801. The zero-order chi connectivity index (χ0) is 13.7. The average Bonchev–Trinajstić information content (AvgIpc) is 2.56. The SMILES string of the molecule is C=CCNC(=O)Cc1ccc2c(c1)NC(=O)CCO2. The third kappa shape index (κ3) is 3.58. The Labute approximate surface area is 111 Å². The van der Waals surface area contributed by atoms with Crippen molar-refractivity contribution in [1.29, 1.82) is 0 Å². The number of benzene rings is 1. The monoisotopic (exact) mass is 260 g/mol. The predicted octanol–water partition coefficient (Wildman–Crippen LogP) is 1.25. The standard InChI is InChI=1S/C14H16N2O3/c1-2-6-15-14(18)9-10-3-4-12-11(8-10)16-13(17)5-7-19-12/h2-4,8H,1,5-7,9H2,(H,15,18)(H,16,17). The summed E-state index contributed by atoms with van der Waals surface area (Å²) < 4.78 is 5.45. The zero-order valence-corrected chi connectivity index (χ0v) is 10.6. The van der Waals surface area contributed by atoms with Crippen molar-refractivity contribution in [2.75, 3.05) is 18.5 Å². The smallest absolute Gasteiger partial charge is 0.227 e. The minimum Gasteiger partial charge on any atom is -0.491 e. The summed E-state index contributed by atoms with van der Waals surface area (Å²) in [7, 11) is 0. The number of anilines is 1. The van der Waals surface area contributed by atoms with Gasteiger partial charge in [-0.05, 0) is 17.7 Å². The summed E-state index contributed by atoms with van der Waals surface area (Å²) in [5, 5.41) is 5.47. The molecule has 2 N–H and O–H groups in total. The number of carbonyl (C=O) groups is 2. The zero-order valence-electron chi connectivity index (χ0n) is 10.6. The van der Waals surface area contributed by atoms with Crippen molar-refractivity contribution < 1.29 is 14.3 Å². The number of nitrogens with one attached hydrogen (secondary N) is 2. The molecule has 0 saturated carbocycles. The number of carbonyl (C=O) groups excluding carboxylic acids is 2. The highest BCUT2D eigenvalue weighted by Gasteiger charge is 2.14. The Balaban J connectivity index is 2.09. The molecular weight excluding hydrogens is 244 g/mol. The Kier molecular flexibility index (Phi) is 4.18.